The summed E-state index contributed by atoms with van der Waals surface area (Å²) in [6, 6.07) is 15.9. The van der Waals surface area contributed by atoms with Crippen LogP contribution >= 0.6 is 11.3 Å². The van der Waals surface area contributed by atoms with Crippen molar-refractivity contribution in [2.75, 3.05) is 6.61 Å². The smallest absolute Gasteiger partial charge is 0.303 e. The molecule has 1 N–H and O–H groups in total. The number of aryl methyl sites for hydroxylation is 1. The molecular weight excluding hydrogens is 484 g/mol. The number of ether oxygens (including phenoxy) is 2. The number of aliphatic carboxylic acids is 1. The quantitative estimate of drug-likeness (QED) is 0.248. The average Bonchev–Trinajstić information content (AvgIpc) is 3.32. The lowest BCUT2D eigenvalue weighted by molar-refractivity contribution is -0.136. The van der Waals surface area contributed by atoms with Crippen LogP contribution < -0.4 is 4.74 Å². The Labute approximate surface area is 222 Å². The first-order valence-electron chi connectivity index (χ1n) is 12.9. The number of carbonyl (C=O) groups is 2. The Kier molecular flexibility index (Phi) is 8.82. The predicted octanol–water partition coefficient (Wildman–Crippen LogP) is 7.73. The van der Waals surface area contributed by atoms with E-state index in [2.05, 4.69) is 6.92 Å². The van der Waals surface area contributed by atoms with E-state index in [1.165, 1.54) is 16.9 Å². The van der Waals surface area contributed by atoms with Crippen molar-refractivity contribution in [3.63, 3.8) is 0 Å². The molecule has 37 heavy (non-hydrogen) atoms. The van der Waals surface area contributed by atoms with Gasteiger partial charge in [-0.3, -0.25) is 9.59 Å². The second kappa shape index (κ2) is 12.2. The summed E-state index contributed by atoms with van der Waals surface area (Å²) in [5.74, 6) is 0.754. The molecule has 0 bridgehead atoms. The van der Waals surface area contributed by atoms with Gasteiger partial charge in [-0.05, 0) is 80.0 Å². The number of thiophene rings is 1. The summed E-state index contributed by atoms with van der Waals surface area (Å²) < 4.78 is 13.4. The molecule has 4 rings (SSSR count). The second-order valence-electron chi connectivity index (χ2n) is 9.52. The number of carboxylic acid groups (broad SMARTS) is 1. The Hall–Kier alpha value is -3.38. The summed E-state index contributed by atoms with van der Waals surface area (Å²) >= 11 is 1.51. The molecule has 1 unspecified atom stereocenters. The molecule has 0 radical (unpaired) electrons. The van der Waals surface area contributed by atoms with E-state index in [0.717, 1.165) is 46.2 Å². The van der Waals surface area contributed by atoms with Crippen molar-refractivity contribution in [3.05, 3.63) is 87.5 Å². The first kappa shape index (κ1) is 26.7. The Balaban J connectivity index is 1.39. The van der Waals surface area contributed by atoms with Crippen LogP contribution in [0.15, 0.2) is 71.5 Å². The fourth-order valence-electron chi connectivity index (χ4n) is 4.52. The summed E-state index contributed by atoms with van der Waals surface area (Å²) in [6.07, 6.45) is 5.80. The SMILES string of the molecule is CCc1ccc(OC(C)CCOC2=CC(C)=C(CCC(=O)O)CC2)c(C(=O)c2cc3ccccc3s2)c1. The van der Waals surface area contributed by atoms with E-state index in [0.29, 0.717) is 35.6 Å². The average molecular weight is 519 g/mol. The van der Waals surface area contributed by atoms with Crippen LogP contribution in [0, 0.1) is 0 Å². The van der Waals surface area contributed by atoms with Crippen LogP contribution in [-0.2, 0) is 16.0 Å². The second-order valence-corrected chi connectivity index (χ2v) is 10.6. The molecule has 1 aliphatic carbocycles. The van der Waals surface area contributed by atoms with Crippen LogP contribution in [0.3, 0.4) is 0 Å². The van der Waals surface area contributed by atoms with E-state index in [4.69, 9.17) is 14.6 Å². The highest BCUT2D eigenvalue weighted by atomic mass is 32.1. The number of benzene rings is 2. The molecule has 0 amide bonds. The van der Waals surface area contributed by atoms with Gasteiger partial charge in [-0.2, -0.15) is 0 Å². The van der Waals surface area contributed by atoms with Crippen LogP contribution in [0.25, 0.3) is 10.1 Å². The standard InChI is InChI=1S/C31H34O5S/c1-4-22-9-13-27(26(18-22)31(34)29-19-24-7-5-6-8-28(24)37-29)36-21(3)15-16-35-25-12-10-23(20(2)17-25)11-14-30(32)33/h5-9,13,17-19,21H,4,10-12,14-16H2,1-3H3,(H,32,33). The molecule has 1 heterocycles. The number of hydrogen-bond acceptors (Lipinski definition) is 5. The van der Waals surface area contributed by atoms with Gasteiger partial charge in [0.15, 0.2) is 0 Å². The zero-order chi connectivity index (χ0) is 26.4. The molecule has 0 saturated heterocycles. The largest absolute Gasteiger partial charge is 0.498 e. The zero-order valence-corrected chi connectivity index (χ0v) is 22.5. The van der Waals surface area contributed by atoms with Gasteiger partial charge in [-0.15, -0.1) is 11.3 Å². The topological polar surface area (TPSA) is 72.8 Å². The first-order valence-corrected chi connectivity index (χ1v) is 13.7. The number of ketones is 1. The maximum atomic E-state index is 13.5. The van der Waals surface area contributed by atoms with E-state index in [-0.39, 0.29) is 18.3 Å². The summed E-state index contributed by atoms with van der Waals surface area (Å²) in [7, 11) is 0. The fraction of sp³-hybridized carbons (Fsp3) is 0.355. The van der Waals surface area contributed by atoms with Gasteiger partial charge in [0.1, 0.15) is 5.75 Å². The molecule has 194 valence electrons. The molecule has 1 atom stereocenters. The van der Waals surface area contributed by atoms with Crippen molar-refractivity contribution in [3.8, 4) is 5.75 Å². The Morgan fingerprint density at radius 1 is 1.11 bits per heavy atom. The zero-order valence-electron chi connectivity index (χ0n) is 21.7. The molecule has 0 aliphatic heterocycles. The predicted molar refractivity (Wildman–Crippen MR) is 149 cm³/mol. The summed E-state index contributed by atoms with van der Waals surface area (Å²) in [5.41, 5.74) is 4.00. The van der Waals surface area contributed by atoms with Gasteiger partial charge in [-0.1, -0.05) is 36.8 Å². The van der Waals surface area contributed by atoms with Gasteiger partial charge in [0.2, 0.25) is 5.78 Å². The number of rotatable bonds is 12. The van der Waals surface area contributed by atoms with Crippen LogP contribution in [0.5, 0.6) is 5.75 Å². The molecule has 0 spiro atoms. The molecular formula is C31H34O5S. The highest BCUT2D eigenvalue weighted by molar-refractivity contribution is 7.21. The molecule has 0 saturated carbocycles. The number of carbonyl (C=O) groups excluding carboxylic acids is 1. The fourth-order valence-corrected chi connectivity index (χ4v) is 5.53. The molecule has 0 fully saturated rings. The van der Waals surface area contributed by atoms with Crippen molar-refractivity contribution in [2.24, 2.45) is 0 Å². The van der Waals surface area contributed by atoms with Crippen LogP contribution in [0.4, 0.5) is 0 Å². The van der Waals surface area contributed by atoms with Crippen LogP contribution in [0.2, 0.25) is 0 Å². The molecule has 5 nitrogen and oxygen atoms in total. The third-order valence-corrected chi connectivity index (χ3v) is 7.85. The van der Waals surface area contributed by atoms with Crippen LogP contribution in [-0.4, -0.2) is 29.6 Å². The highest BCUT2D eigenvalue weighted by Gasteiger charge is 2.20. The lowest BCUT2D eigenvalue weighted by Gasteiger charge is -2.21. The van der Waals surface area contributed by atoms with E-state index in [9.17, 15) is 9.59 Å². The molecule has 2 aromatic carbocycles. The van der Waals surface area contributed by atoms with Crippen molar-refractivity contribution in [1.29, 1.82) is 0 Å². The minimum atomic E-state index is -0.765. The third kappa shape index (κ3) is 6.89. The van der Waals surface area contributed by atoms with Gasteiger partial charge >= 0.3 is 5.97 Å². The summed E-state index contributed by atoms with van der Waals surface area (Å²) in [4.78, 5) is 25.1. The minimum Gasteiger partial charge on any atom is -0.498 e. The van der Waals surface area contributed by atoms with Gasteiger partial charge in [-0.25, -0.2) is 0 Å². The normalized spacial score (nSPS) is 14.4. The summed E-state index contributed by atoms with van der Waals surface area (Å²) in [6.45, 7) is 6.60. The lowest BCUT2D eigenvalue weighted by atomic mass is 9.94. The van der Waals surface area contributed by atoms with E-state index in [1.54, 1.807) is 0 Å². The van der Waals surface area contributed by atoms with Crippen LogP contribution in [0.1, 0.15) is 73.7 Å². The van der Waals surface area contributed by atoms with E-state index in [1.807, 2.05) is 68.5 Å². The Morgan fingerprint density at radius 3 is 2.65 bits per heavy atom. The van der Waals surface area contributed by atoms with Gasteiger partial charge in [0, 0.05) is 24.0 Å². The molecule has 1 aliphatic rings. The van der Waals surface area contributed by atoms with Crippen molar-refractivity contribution < 1.29 is 24.2 Å². The van der Waals surface area contributed by atoms with E-state index >= 15 is 0 Å². The first-order chi connectivity index (χ1) is 17.8. The van der Waals surface area contributed by atoms with Gasteiger partial charge < -0.3 is 14.6 Å². The van der Waals surface area contributed by atoms with Crippen molar-refractivity contribution >= 4 is 33.2 Å². The Bertz CT molecular complexity index is 1310. The van der Waals surface area contributed by atoms with Crippen molar-refractivity contribution in [2.45, 2.75) is 65.4 Å². The van der Waals surface area contributed by atoms with Crippen molar-refractivity contribution in [1.82, 2.24) is 0 Å². The lowest BCUT2D eigenvalue weighted by Crippen LogP contribution is -2.17. The molecule has 3 aromatic rings. The minimum absolute atomic E-state index is 0.0109. The van der Waals surface area contributed by atoms with Gasteiger partial charge in [0.05, 0.1) is 28.9 Å². The number of carboxylic acids is 1. The van der Waals surface area contributed by atoms with E-state index < -0.39 is 5.97 Å². The maximum absolute atomic E-state index is 13.5. The molecule has 6 heteroatoms. The monoisotopic (exact) mass is 518 g/mol. The highest BCUT2D eigenvalue weighted by Crippen LogP contribution is 2.32. The maximum Gasteiger partial charge on any atom is 0.303 e. The third-order valence-electron chi connectivity index (χ3n) is 6.74. The Morgan fingerprint density at radius 2 is 1.92 bits per heavy atom. The number of hydrogen-bond donors (Lipinski definition) is 1. The molecule has 1 aromatic heterocycles. The van der Waals surface area contributed by atoms with Gasteiger partial charge in [0.25, 0.3) is 0 Å². The number of allylic oxidation sites excluding steroid dienone is 4. The number of fused-ring (bicyclic) bond motifs is 1. The summed E-state index contributed by atoms with van der Waals surface area (Å²) in [5, 5.41) is 10.0.